The minimum atomic E-state index is -0.615. The highest BCUT2D eigenvalue weighted by Crippen LogP contribution is 2.29. The Bertz CT molecular complexity index is 673. The van der Waals surface area contributed by atoms with Crippen LogP contribution in [0.4, 0.5) is 4.79 Å². The second-order valence-electron chi connectivity index (χ2n) is 4.63. The molecule has 2 N–H and O–H groups in total. The van der Waals surface area contributed by atoms with E-state index in [1.54, 1.807) is 31.2 Å². The fourth-order valence-corrected chi connectivity index (χ4v) is 2.23. The first-order chi connectivity index (χ1) is 10.6. The molecule has 1 atom stereocenters. The zero-order chi connectivity index (χ0) is 16.1. The van der Waals surface area contributed by atoms with E-state index in [0.717, 1.165) is 0 Å². The van der Waals surface area contributed by atoms with Crippen molar-refractivity contribution in [2.75, 3.05) is 13.7 Å². The molecule has 1 aliphatic rings. The van der Waals surface area contributed by atoms with Gasteiger partial charge in [0.25, 0.3) is 0 Å². The molecule has 1 aliphatic heterocycles. The van der Waals surface area contributed by atoms with Crippen molar-refractivity contribution in [1.29, 1.82) is 0 Å². The number of hydrogen-bond acceptors (Lipinski definition) is 4. The molecule has 0 saturated carbocycles. The van der Waals surface area contributed by atoms with E-state index in [-0.39, 0.29) is 12.6 Å². The molecule has 0 aromatic heterocycles. The lowest BCUT2D eigenvalue weighted by Gasteiger charge is -2.28. The number of terminal acetylenes is 1. The lowest BCUT2D eigenvalue weighted by atomic mass is 9.95. The average molecular weight is 300 g/mol. The van der Waals surface area contributed by atoms with Crippen LogP contribution in [-0.4, -0.2) is 25.7 Å². The summed E-state index contributed by atoms with van der Waals surface area (Å²) in [5, 5.41) is 5.27. The van der Waals surface area contributed by atoms with Crippen LogP contribution in [0.3, 0.4) is 0 Å². The molecule has 1 heterocycles. The van der Waals surface area contributed by atoms with Crippen LogP contribution in [0.5, 0.6) is 5.75 Å². The fourth-order valence-electron chi connectivity index (χ4n) is 2.23. The van der Waals surface area contributed by atoms with Crippen molar-refractivity contribution in [1.82, 2.24) is 10.6 Å². The molecular weight excluding hydrogens is 284 g/mol. The summed E-state index contributed by atoms with van der Waals surface area (Å²) in [6.07, 6.45) is 5.16. The summed E-state index contributed by atoms with van der Waals surface area (Å²) in [7, 11) is 1.29. The average Bonchev–Trinajstić information content (AvgIpc) is 2.51. The van der Waals surface area contributed by atoms with Crippen LogP contribution >= 0.6 is 0 Å². The van der Waals surface area contributed by atoms with Crippen molar-refractivity contribution in [2.24, 2.45) is 0 Å². The highest BCUT2D eigenvalue weighted by atomic mass is 16.5. The van der Waals surface area contributed by atoms with Gasteiger partial charge in [-0.1, -0.05) is 18.1 Å². The monoisotopic (exact) mass is 300 g/mol. The number of carbonyl (C=O) groups is 2. The lowest BCUT2D eigenvalue weighted by molar-refractivity contribution is -0.136. The standard InChI is InChI=1S/C16H16N2O4/c1-4-8-22-12-7-5-6-11(9-12)14-13(15(19)21-3)10(2)17-16(20)18-14/h1,5-7,9,14H,8H2,2-3H3,(H2,17,18,20)/t14-/m1/s1. The second kappa shape index (κ2) is 6.68. The van der Waals surface area contributed by atoms with E-state index in [4.69, 9.17) is 15.9 Å². The number of hydrogen-bond donors (Lipinski definition) is 2. The Kier molecular flexibility index (Phi) is 4.69. The molecule has 1 aromatic carbocycles. The molecule has 22 heavy (non-hydrogen) atoms. The second-order valence-corrected chi connectivity index (χ2v) is 4.63. The molecule has 0 radical (unpaired) electrons. The summed E-state index contributed by atoms with van der Waals surface area (Å²) >= 11 is 0. The van der Waals surface area contributed by atoms with Gasteiger partial charge in [0.15, 0.2) is 0 Å². The van der Waals surface area contributed by atoms with Crippen molar-refractivity contribution < 1.29 is 19.1 Å². The predicted molar refractivity (Wildman–Crippen MR) is 79.9 cm³/mol. The van der Waals surface area contributed by atoms with Crippen LogP contribution in [0, 0.1) is 12.3 Å². The highest BCUT2D eigenvalue weighted by molar-refractivity contribution is 5.94. The smallest absolute Gasteiger partial charge is 0.337 e. The largest absolute Gasteiger partial charge is 0.481 e. The Hall–Kier alpha value is -2.94. The van der Waals surface area contributed by atoms with Crippen LogP contribution < -0.4 is 15.4 Å². The van der Waals surface area contributed by atoms with E-state index >= 15 is 0 Å². The summed E-state index contributed by atoms with van der Waals surface area (Å²) in [6.45, 7) is 1.79. The number of ether oxygens (including phenoxy) is 2. The number of esters is 1. The minimum Gasteiger partial charge on any atom is -0.481 e. The maximum atomic E-state index is 12.0. The van der Waals surface area contributed by atoms with Gasteiger partial charge in [0.2, 0.25) is 0 Å². The molecule has 2 amide bonds. The van der Waals surface area contributed by atoms with Gasteiger partial charge in [-0.05, 0) is 24.6 Å². The van der Waals surface area contributed by atoms with Gasteiger partial charge >= 0.3 is 12.0 Å². The third-order valence-electron chi connectivity index (χ3n) is 3.19. The van der Waals surface area contributed by atoms with Crippen LogP contribution in [0.2, 0.25) is 0 Å². The molecule has 6 nitrogen and oxygen atoms in total. The van der Waals surface area contributed by atoms with Crippen LogP contribution in [-0.2, 0) is 9.53 Å². The maximum absolute atomic E-state index is 12.0. The summed E-state index contributed by atoms with van der Waals surface area (Å²) in [5.41, 5.74) is 1.50. The molecule has 0 unspecified atom stereocenters. The minimum absolute atomic E-state index is 0.140. The predicted octanol–water partition coefficient (Wildman–Crippen LogP) is 1.50. The number of amides is 2. The zero-order valence-corrected chi connectivity index (χ0v) is 12.3. The van der Waals surface area contributed by atoms with Crippen molar-refractivity contribution in [3.05, 3.63) is 41.1 Å². The molecule has 0 fully saturated rings. The van der Waals surface area contributed by atoms with Crippen LogP contribution in [0.25, 0.3) is 0 Å². The van der Waals surface area contributed by atoms with Gasteiger partial charge in [0.05, 0.1) is 18.7 Å². The summed E-state index contributed by atoms with van der Waals surface area (Å²) in [4.78, 5) is 23.7. The molecule has 2 rings (SSSR count). The normalized spacial score (nSPS) is 17.1. The quantitative estimate of drug-likeness (QED) is 0.652. The van der Waals surface area contributed by atoms with Crippen LogP contribution in [0.1, 0.15) is 18.5 Å². The van der Waals surface area contributed by atoms with Gasteiger partial charge < -0.3 is 20.1 Å². The Balaban J connectivity index is 2.40. The lowest BCUT2D eigenvalue weighted by Crippen LogP contribution is -2.45. The van der Waals surface area contributed by atoms with Gasteiger partial charge in [0.1, 0.15) is 12.4 Å². The number of nitrogens with one attached hydrogen (secondary N) is 2. The van der Waals surface area contributed by atoms with Gasteiger partial charge in [0, 0.05) is 5.70 Å². The van der Waals surface area contributed by atoms with Crippen molar-refractivity contribution in [3.63, 3.8) is 0 Å². The SMILES string of the molecule is C#CCOc1cccc([C@H]2NC(=O)NC(C)=C2C(=O)OC)c1. The Morgan fingerprint density at radius 1 is 1.45 bits per heavy atom. The number of urea groups is 1. The van der Waals surface area contributed by atoms with E-state index in [2.05, 4.69) is 16.6 Å². The van der Waals surface area contributed by atoms with Gasteiger partial charge in [-0.3, -0.25) is 0 Å². The first-order valence-electron chi connectivity index (χ1n) is 6.59. The highest BCUT2D eigenvalue weighted by Gasteiger charge is 2.31. The number of benzene rings is 1. The van der Waals surface area contributed by atoms with Gasteiger partial charge in [-0.25, -0.2) is 9.59 Å². The molecule has 6 heteroatoms. The Morgan fingerprint density at radius 2 is 2.23 bits per heavy atom. The van der Waals surface area contributed by atoms with Crippen LogP contribution in [0.15, 0.2) is 35.5 Å². The molecule has 0 saturated heterocycles. The Morgan fingerprint density at radius 3 is 2.91 bits per heavy atom. The maximum Gasteiger partial charge on any atom is 0.337 e. The van der Waals surface area contributed by atoms with E-state index in [1.165, 1.54) is 7.11 Å². The van der Waals surface area contributed by atoms with E-state index in [1.807, 2.05) is 0 Å². The molecule has 0 aliphatic carbocycles. The van der Waals surface area contributed by atoms with Crippen molar-refractivity contribution >= 4 is 12.0 Å². The third kappa shape index (κ3) is 3.20. The first kappa shape index (κ1) is 15.4. The Labute approximate surface area is 128 Å². The van der Waals surface area contributed by atoms with Gasteiger partial charge in [-0.15, -0.1) is 6.42 Å². The first-order valence-corrected chi connectivity index (χ1v) is 6.59. The number of carbonyl (C=O) groups excluding carboxylic acids is 2. The molecular formula is C16H16N2O4. The molecule has 0 spiro atoms. The summed E-state index contributed by atoms with van der Waals surface area (Å²) < 4.78 is 10.2. The van der Waals surface area contributed by atoms with E-state index in [0.29, 0.717) is 22.6 Å². The number of methoxy groups -OCH3 is 1. The van der Waals surface area contributed by atoms with Crippen molar-refractivity contribution in [3.8, 4) is 18.1 Å². The van der Waals surface area contributed by atoms with Crippen molar-refractivity contribution in [2.45, 2.75) is 13.0 Å². The van der Waals surface area contributed by atoms with E-state index in [9.17, 15) is 9.59 Å². The molecule has 114 valence electrons. The molecule has 0 bridgehead atoms. The third-order valence-corrected chi connectivity index (χ3v) is 3.19. The summed E-state index contributed by atoms with van der Waals surface area (Å²) in [6, 6.07) is 6.03. The number of allylic oxidation sites excluding steroid dienone is 1. The molecule has 1 aromatic rings. The van der Waals surface area contributed by atoms with Gasteiger partial charge in [-0.2, -0.15) is 0 Å². The number of rotatable bonds is 4. The summed E-state index contributed by atoms with van der Waals surface area (Å²) in [5.74, 6) is 2.43. The fraction of sp³-hybridized carbons (Fsp3) is 0.250. The van der Waals surface area contributed by atoms with E-state index < -0.39 is 12.0 Å². The topological polar surface area (TPSA) is 76.7 Å². The zero-order valence-electron chi connectivity index (χ0n) is 12.3.